The fraction of sp³-hybridized carbons (Fsp3) is 0.320. The first kappa shape index (κ1) is 21.0. The lowest BCUT2D eigenvalue weighted by Crippen LogP contribution is -2.37. The van der Waals surface area contributed by atoms with E-state index >= 15 is 0 Å². The van der Waals surface area contributed by atoms with Crippen molar-refractivity contribution in [3.05, 3.63) is 72.7 Å². The lowest BCUT2D eigenvalue weighted by atomic mass is 9.91. The Labute approximate surface area is 183 Å². The Morgan fingerprint density at radius 3 is 2.81 bits per heavy atom. The van der Waals surface area contributed by atoms with Gasteiger partial charge in [-0.05, 0) is 43.7 Å². The Hall–Kier alpha value is -3.25. The Balaban J connectivity index is 1.45. The zero-order valence-electron chi connectivity index (χ0n) is 17.8. The van der Waals surface area contributed by atoms with Crippen LogP contribution in [0.3, 0.4) is 0 Å². The minimum Gasteiger partial charge on any atom is -0.492 e. The minimum absolute atomic E-state index is 0.0860. The molecule has 0 spiro atoms. The number of benzene rings is 2. The summed E-state index contributed by atoms with van der Waals surface area (Å²) in [5.74, 6) is 1.14. The maximum Gasteiger partial charge on any atom is 0.221 e. The van der Waals surface area contributed by atoms with Gasteiger partial charge in [-0.25, -0.2) is 0 Å². The number of ether oxygens (including phenoxy) is 1. The highest BCUT2D eigenvalue weighted by atomic mass is 16.5. The highest BCUT2D eigenvalue weighted by Crippen LogP contribution is 2.32. The largest absolute Gasteiger partial charge is 0.492 e. The molecule has 1 aromatic heterocycles. The normalized spacial score (nSPS) is 16.6. The van der Waals surface area contributed by atoms with E-state index in [1.54, 1.807) is 12.4 Å². The number of carbonyl (C=O) groups is 1. The van der Waals surface area contributed by atoms with Gasteiger partial charge in [-0.2, -0.15) is 0 Å². The van der Waals surface area contributed by atoms with E-state index in [1.165, 1.54) is 6.92 Å². The summed E-state index contributed by atoms with van der Waals surface area (Å²) in [7, 11) is 0. The zero-order chi connectivity index (χ0) is 21.5. The van der Waals surface area contributed by atoms with Crippen molar-refractivity contribution in [1.29, 1.82) is 0 Å². The molecule has 2 heterocycles. The molecule has 6 nitrogen and oxygen atoms in total. The van der Waals surface area contributed by atoms with Gasteiger partial charge in [0, 0.05) is 49.6 Å². The molecule has 4 rings (SSSR count). The number of nitrogens with zero attached hydrogens (tertiary/aromatic N) is 3. The van der Waals surface area contributed by atoms with E-state index in [4.69, 9.17) is 9.72 Å². The van der Waals surface area contributed by atoms with Crippen molar-refractivity contribution in [3.63, 3.8) is 0 Å². The van der Waals surface area contributed by atoms with Crippen molar-refractivity contribution in [2.45, 2.75) is 25.7 Å². The molecule has 1 aliphatic heterocycles. The van der Waals surface area contributed by atoms with E-state index in [1.807, 2.05) is 54.6 Å². The molecule has 1 N–H and O–H groups in total. The van der Waals surface area contributed by atoms with E-state index in [0.29, 0.717) is 12.5 Å². The summed E-state index contributed by atoms with van der Waals surface area (Å²) in [5, 5.41) is 2.85. The maximum absolute atomic E-state index is 11.4. The first-order chi connectivity index (χ1) is 15.2. The average molecular weight is 417 g/mol. The number of amides is 1. The predicted octanol–water partition coefficient (Wildman–Crippen LogP) is 4.36. The fourth-order valence-electron chi connectivity index (χ4n) is 4.11. The van der Waals surface area contributed by atoms with Gasteiger partial charge in [0.05, 0.1) is 11.4 Å². The number of nitrogens with one attached hydrogen (secondary N) is 1. The Morgan fingerprint density at radius 1 is 1.13 bits per heavy atom. The number of para-hydroxylation sites is 1. The zero-order valence-corrected chi connectivity index (χ0v) is 17.8. The molecule has 6 heteroatoms. The topological polar surface area (TPSA) is 67.4 Å². The lowest BCUT2D eigenvalue weighted by molar-refractivity contribution is -0.114. The van der Waals surface area contributed by atoms with E-state index < -0.39 is 0 Å². The molecule has 1 saturated heterocycles. The van der Waals surface area contributed by atoms with Gasteiger partial charge >= 0.3 is 0 Å². The second-order valence-corrected chi connectivity index (χ2v) is 7.85. The Kier molecular flexibility index (Phi) is 6.89. The SMILES string of the molecule is CC(=O)Nc1cccc(-c2nccnc2[C@H]2CCCN(CCOc3ccccc3)C2)c1. The number of likely N-dealkylation sites (tertiary alicyclic amines) is 1. The third-order valence-corrected chi connectivity index (χ3v) is 5.49. The fourth-order valence-corrected chi connectivity index (χ4v) is 4.11. The van der Waals surface area contributed by atoms with Crippen molar-refractivity contribution < 1.29 is 9.53 Å². The smallest absolute Gasteiger partial charge is 0.221 e. The summed E-state index contributed by atoms with van der Waals surface area (Å²) in [6.07, 6.45) is 5.72. The number of piperidine rings is 1. The Bertz CT molecular complexity index is 1010. The second-order valence-electron chi connectivity index (χ2n) is 7.85. The van der Waals surface area contributed by atoms with Crippen molar-refractivity contribution in [3.8, 4) is 17.0 Å². The standard InChI is InChI=1S/C25H28N4O2/c1-19(30)28-22-9-5-7-20(17-22)24-25(27-13-12-26-24)21-8-6-14-29(18-21)15-16-31-23-10-3-2-4-11-23/h2-5,7,9-13,17,21H,6,8,14-16,18H2,1H3,(H,28,30)/t21-/m0/s1. The van der Waals surface area contributed by atoms with Crippen LogP contribution in [0.1, 0.15) is 31.4 Å². The monoisotopic (exact) mass is 416 g/mol. The molecule has 31 heavy (non-hydrogen) atoms. The number of hydrogen-bond donors (Lipinski definition) is 1. The number of anilines is 1. The van der Waals surface area contributed by atoms with Crippen LogP contribution in [0.5, 0.6) is 5.75 Å². The van der Waals surface area contributed by atoms with Gasteiger partial charge in [-0.1, -0.05) is 30.3 Å². The number of rotatable bonds is 7. The predicted molar refractivity (Wildman–Crippen MR) is 122 cm³/mol. The van der Waals surface area contributed by atoms with Crippen LogP contribution in [0.4, 0.5) is 5.69 Å². The molecule has 0 bridgehead atoms. The van der Waals surface area contributed by atoms with Gasteiger partial charge in [0.2, 0.25) is 5.91 Å². The van der Waals surface area contributed by atoms with Crippen LogP contribution in [0.2, 0.25) is 0 Å². The molecule has 1 aliphatic rings. The van der Waals surface area contributed by atoms with E-state index in [2.05, 4.69) is 15.2 Å². The number of carbonyl (C=O) groups excluding carboxylic acids is 1. The lowest BCUT2D eigenvalue weighted by Gasteiger charge is -2.32. The summed E-state index contributed by atoms with van der Waals surface area (Å²) in [4.78, 5) is 23.3. The van der Waals surface area contributed by atoms with E-state index in [0.717, 1.165) is 60.9 Å². The van der Waals surface area contributed by atoms with Gasteiger partial charge in [-0.15, -0.1) is 0 Å². The molecule has 1 amide bonds. The molecule has 0 radical (unpaired) electrons. The van der Waals surface area contributed by atoms with Gasteiger partial charge in [-0.3, -0.25) is 19.7 Å². The van der Waals surface area contributed by atoms with Crippen LogP contribution < -0.4 is 10.1 Å². The van der Waals surface area contributed by atoms with E-state index in [9.17, 15) is 4.79 Å². The van der Waals surface area contributed by atoms with Crippen molar-refractivity contribution in [2.75, 3.05) is 31.6 Å². The molecule has 160 valence electrons. The van der Waals surface area contributed by atoms with Crippen LogP contribution >= 0.6 is 0 Å². The first-order valence-electron chi connectivity index (χ1n) is 10.8. The maximum atomic E-state index is 11.4. The highest BCUT2D eigenvalue weighted by Gasteiger charge is 2.25. The Morgan fingerprint density at radius 2 is 1.97 bits per heavy atom. The summed E-state index contributed by atoms with van der Waals surface area (Å²) < 4.78 is 5.88. The summed E-state index contributed by atoms with van der Waals surface area (Å²) in [6.45, 7) is 5.08. The van der Waals surface area contributed by atoms with Crippen molar-refractivity contribution in [2.24, 2.45) is 0 Å². The van der Waals surface area contributed by atoms with Gasteiger partial charge in [0.15, 0.2) is 0 Å². The van der Waals surface area contributed by atoms with Crippen molar-refractivity contribution in [1.82, 2.24) is 14.9 Å². The minimum atomic E-state index is -0.0860. The number of hydrogen-bond acceptors (Lipinski definition) is 5. The van der Waals surface area contributed by atoms with Crippen LogP contribution in [0.25, 0.3) is 11.3 Å². The van der Waals surface area contributed by atoms with E-state index in [-0.39, 0.29) is 5.91 Å². The highest BCUT2D eigenvalue weighted by molar-refractivity contribution is 5.89. The molecule has 0 aliphatic carbocycles. The summed E-state index contributed by atoms with van der Waals surface area (Å²) in [6, 6.07) is 17.7. The molecule has 1 fully saturated rings. The molecular formula is C25H28N4O2. The molecule has 2 aromatic carbocycles. The third-order valence-electron chi connectivity index (χ3n) is 5.49. The van der Waals surface area contributed by atoms with Crippen molar-refractivity contribution >= 4 is 11.6 Å². The van der Waals surface area contributed by atoms with Crippen LogP contribution in [0, 0.1) is 0 Å². The summed E-state index contributed by atoms with van der Waals surface area (Å²) >= 11 is 0. The second kappa shape index (κ2) is 10.2. The molecule has 0 unspecified atom stereocenters. The quantitative estimate of drug-likeness (QED) is 0.620. The van der Waals surface area contributed by atoms with Crippen LogP contribution in [0.15, 0.2) is 67.0 Å². The molecule has 0 saturated carbocycles. The van der Waals surface area contributed by atoms with Gasteiger partial charge < -0.3 is 10.1 Å². The first-order valence-corrected chi connectivity index (χ1v) is 10.8. The molecule has 3 aromatic rings. The number of aromatic nitrogens is 2. The molecular weight excluding hydrogens is 388 g/mol. The summed E-state index contributed by atoms with van der Waals surface area (Å²) in [5.41, 5.74) is 3.65. The van der Waals surface area contributed by atoms with Crippen LogP contribution in [-0.4, -0.2) is 47.0 Å². The molecule has 1 atom stereocenters. The van der Waals surface area contributed by atoms with Crippen LogP contribution in [-0.2, 0) is 4.79 Å². The average Bonchev–Trinajstić information content (AvgIpc) is 2.80. The van der Waals surface area contributed by atoms with Gasteiger partial charge in [0.25, 0.3) is 0 Å². The third kappa shape index (κ3) is 5.67. The van der Waals surface area contributed by atoms with Gasteiger partial charge in [0.1, 0.15) is 12.4 Å².